The number of carbonyl (C=O) groups is 1. The molecule has 1 unspecified atom stereocenters. The molecule has 1 fully saturated rings. The van der Waals surface area contributed by atoms with Crippen molar-refractivity contribution in [2.75, 3.05) is 18.0 Å². The first-order chi connectivity index (χ1) is 10.1. The van der Waals surface area contributed by atoms with Crippen LogP contribution in [-0.4, -0.2) is 39.3 Å². The van der Waals surface area contributed by atoms with Crippen molar-refractivity contribution in [3.63, 3.8) is 0 Å². The summed E-state index contributed by atoms with van der Waals surface area (Å²) in [4.78, 5) is 21.7. The van der Waals surface area contributed by atoms with E-state index in [0.717, 1.165) is 24.3 Å². The van der Waals surface area contributed by atoms with E-state index in [-0.39, 0.29) is 5.92 Å². The minimum Gasteiger partial charge on any atom is -0.481 e. The van der Waals surface area contributed by atoms with Gasteiger partial charge in [-0.15, -0.1) is 0 Å². The lowest BCUT2D eigenvalue weighted by atomic mass is 9.98. The van der Waals surface area contributed by atoms with E-state index in [1.165, 1.54) is 0 Å². The zero-order chi connectivity index (χ0) is 14.8. The first-order valence-corrected chi connectivity index (χ1v) is 6.88. The fourth-order valence-electron chi connectivity index (χ4n) is 2.53. The van der Waals surface area contributed by atoms with Gasteiger partial charge in [-0.05, 0) is 31.9 Å². The summed E-state index contributed by atoms with van der Waals surface area (Å²) in [6.45, 7) is 3.05. The van der Waals surface area contributed by atoms with Gasteiger partial charge in [-0.1, -0.05) is 5.16 Å². The fraction of sp³-hybridized carbons (Fsp3) is 0.429. The molecule has 2 aromatic rings. The standard InChI is InChI=1S/C14H16N4O3/c1-9-16-13(21-17-9)10-4-5-15-12(7-10)18-6-2-3-11(8-18)14(19)20/h4-5,7,11H,2-3,6,8H2,1H3,(H,19,20). The lowest BCUT2D eigenvalue weighted by molar-refractivity contribution is -0.141. The van der Waals surface area contributed by atoms with Crippen LogP contribution in [0.1, 0.15) is 18.7 Å². The lowest BCUT2D eigenvalue weighted by Crippen LogP contribution is -2.39. The van der Waals surface area contributed by atoms with Crippen LogP contribution in [0.4, 0.5) is 5.82 Å². The molecule has 0 radical (unpaired) electrons. The maximum Gasteiger partial charge on any atom is 0.308 e. The molecule has 0 bridgehead atoms. The van der Waals surface area contributed by atoms with Crippen LogP contribution in [0.25, 0.3) is 11.5 Å². The molecule has 1 aliphatic rings. The number of piperidine rings is 1. The Morgan fingerprint density at radius 1 is 1.52 bits per heavy atom. The number of anilines is 1. The highest BCUT2D eigenvalue weighted by Crippen LogP contribution is 2.25. The summed E-state index contributed by atoms with van der Waals surface area (Å²) in [6, 6.07) is 3.66. The van der Waals surface area contributed by atoms with Crippen molar-refractivity contribution in [2.24, 2.45) is 5.92 Å². The number of aliphatic carboxylic acids is 1. The highest BCUT2D eigenvalue weighted by atomic mass is 16.5. The van der Waals surface area contributed by atoms with Gasteiger partial charge in [0.1, 0.15) is 5.82 Å². The average Bonchev–Trinajstić information content (AvgIpc) is 2.94. The number of carboxylic acid groups (broad SMARTS) is 1. The monoisotopic (exact) mass is 288 g/mol. The Morgan fingerprint density at radius 2 is 2.38 bits per heavy atom. The molecule has 21 heavy (non-hydrogen) atoms. The van der Waals surface area contributed by atoms with Crippen molar-refractivity contribution < 1.29 is 14.4 Å². The number of hydrogen-bond acceptors (Lipinski definition) is 6. The van der Waals surface area contributed by atoms with Crippen molar-refractivity contribution in [1.82, 2.24) is 15.1 Å². The van der Waals surface area contributed by atoms with Crippen molar-refractivity contribution in [2.45, 2.75) is 19.8 Å². The zero-order valence-electron chi connectivity index (χ0n) is 11.7. The third-order valence-electron chi connectivity index (χ3n) is 3.61. The van der Waals surface area contributed by atoms with Gasteiger partial charge in [-0.25, -0.2) is 4.98 Å². The third kappa shape index (κ3) is 2.86. The molecule has 3 rings (SSSR count). The van der Waals surface area contributed by atoms with Gasteiger partial charge in [0.2, 0.25) is 0 Å². The molecular formula is C14H16N4O3. The summed E-state index contributed by atoms with van der Waals surface area (Å²) in [6.07, 6.45) is 3.24. The largest absolute Gasteiger partial charge is 0.481 e. The normalized spacial score (nSPS) is 18.7. The molecule has 0 aliphatic carbocycles. The first-order valence-electron chi connectivity index (χ1n) is 6.88. The predicted octanol–water partition coefficient (Wildman–Crippen LogP) is 1.74. The number of aromatic nitrogens is 3. The van der Waals surface area contributed by atoms with E-state index in [1.54, 1.807) is 19.2 Å². The van der Waals surface area contributed by atoms with Gasteiger partial charge in [-0.2, -0.15) is 4.98 Å². The minimum atomic E-state index is -0.747. The van der Waals surface area contributed by atoms with E-state index in [2.05, 4.69) is 15.1 Å². The molecule has 0 amide bonds. The number of hydrogen-bond donors (Lipinski definition) is 1. The van der Waals surface area contributed by atoms with Gasteiger partial charge in [0.05, 0.1) is 5.92 Å². The maximum atomic E-state index is 11.1. The summed E-state index contributed by atoms with van der Waals surface area (Å²) in [5, 5.41) is 12.9. The second-order valence-corrected chi connectivity index (χ2v) is 5.17. The van der Waals surface area contributed by atoms with Crippen molar-refractivity contribution in [3.05, 3.63) is 24.2 Å². The molecule has 2 aromatic heterocycles. The topological polar surface area (TPSA) is 92.4 Å². The molecule has 110 valence electrons. The highest BCUT2D eigenvalue weighted by Gasteiger charge is 2.26. The molecular weight excluding hydrogens is 272 g/mol. The van der Waals surface area contributed by atoms with E-state index in [1.807, 2.05) is 11.0 Å². The van der Waals surface area contributed by atoms with Crippen LogP contribution >= 0.6 is 0 Å². The fourth-order valence-corrected chi connectivity index (χ4v) is 2.53. The van der Waals surface area contributed by atoms with E-state index in [0.29, 0.717) is 24.7 Å². The predicted molar refractivity (Wildman–Crippen MR) is 74.8 cm³/mol. The van der Waals surface area contributed by atoms with Crippen LogP contribution in [0.3, 0.4) is 0 Å². The Labute approximate surface area is 121 Å². The van der Waals surface area contributed by atoms with Crippen LogP contribution in [0, 0.1) is 12.8 Å². The van der Waals surface area contributed by atoms with Crippen LogP contribution in [0.2, 0.25) is 0 Å². The van der Waals surface area contributed by atoms with Crippen LogP contribution < -0.4 is 4.90 Å². The average molecular weight is 288 g/mol. The molecule has 3 heterocycles. The van der Waals surface area contributed by atoms with E-state index < -0.39 is 5.97 Å². The van der Waals surface area contributed by atoms with Crippen molar-refractivity contribution >= 4 is 11.8 Å². The zero-order valence-corrected chi connectivity index (χ0v) is 11.7. The maximum absolute atomic E-state index is 11.1. The second-order valence-electron chi connectivity index (χ2n) is 5.17. The molecule has 1 aliphatic heterocycles. The Bertz CT molecular complexity index is 655. The van der Waals surface area contributed by atoms with Gasteiger partial charge >= 0.3 is 5.97 Å². The van der Waals surface area contributed by atoms with Gasteiger partial charge in [0, 0.05) is 24.8 Å². The second kappa shape index (κ2) is 5.51. The highest BCUT2D eigenvalue weighted by molar-refractivity contribution is 5.71. The van der Waals surface area contributed by atoms with Crippen LogP contribution in [0.15, 0.2) is 22.9 Å². The van der Waals surface area contributed by atoms with E-state index in [4.69, 9.17) is 9.63 Å². The first kappa shape index (κ1) is 13.5. The molecule has 7 nitrogen and oxygen atoms in total. The smallest absolute Gasteiger partial charge is 0.308 e. The molecule has 0 aromatic carbocycles. The summed E-state index contributed by atoms with van der Waals surface area (Å²) >= 11 is 0. The number of carboxylic acids is 1. The number of aryl methyl sites for hydroxylation is 1. The third-order valence-corrected chi connectivity index (χ3v) is 3.61. The van der Waals surface area contributed by atoms with Gasteiger partial charge in [-0.3, -0.25) is 4.79 Å². The minimum absolute atomic E-state index is 0.338. The molecule has 7 heteroatoms. The molecule has 1 atom stereocenters. The number of nitrogens with zero attached hydrogens (tertiary/aromatic N) is 4. The van der Waals surface area contributed by atoms with Gasteiger partial charge in [0.25, 0.3) is 5.89 Å². The number of pyridine rings is 1. The van der Waals surface area contributed by atoms with Gasteiger partial charge < -0.3 is 14.5 Å². The Balaban J connectivity index is 1.84. The summed E-state index contributed by atoms with van der Waals surface area (Å²) in [5.74, 6) is 0.683. The molecule has 0 saturated carbocycles. The van der Waals surface area contributed by atoms with E-state index in [9.17, 15) is 4.79 Å². The van der Waals surface area contributed by atoms with Crippen molar-refractivity contribution in [1.29, 1.82) is 0 Å². The Morgan fingerprint density at radius 3 is 3.10 bits per heavy atom. The quantitative estimate of drug-likeness (QED) is 0.919. The molecule has 0 spiro atoms. The Kier molecular flexibility index (Phi) is 3.55. The van der Waals surface area contributed by atoms with Crippen LogP contribution in [0.5, 0.6) is 0 Å². The SMILES string of the molecule is Cc1noc(-c2ccnc(N3CCCC(C(=O)O)C3)c2)n1. The Hall–Kier alpha value is -2.44. The van der Waals surface area contributed by atoms with Gasteiger partial charge in [0.15, 0.2) is 5.82 Å². The van der Waals surface area contributed by atoms with Crippen molar-refractivity contribution in [3.8, 4) is 11.5 Å². The molecule has 1 N–H and O–H groups in total. The van der Waals surface area contributed by atoms with E-state index >= 15 is 0 Å². The van der Waals surface area contributed by atoms with Crippen LogP contribution in [-0.2, 0) is 4.79 Å². The number of rotatable bonds is 3. The summed E-state index contributed by atoms with van der Waals surface area (Å²) in [7, 11) is 0. The summed E-state index contributed by atoms with van der Waals surface area (Å²) < 4.78 is 5.15. The molecule has 1 saturated heterocycles. The lowest BCUT2D eigenvalue weighted by Gasteiger charge is -2.31. The summed E-state index contributed by atoms with van der Waals surface area (Å²) in [5.41, 5.74) is 0.790.